The Morgan fingerprint density at radius 3 is 2.48 bits per heavy atom. The number of nitrogens with one attached hydrogen (secondary N) is 1. The van der Waals surface area contributed by atoms with Crippen LogP contribution in [-0.2, 0) is 22.6 Å². The van der Waals surface area contributed by atoms with E-state index in [9.17, 15) is 9.59 Å². The summed E-state index contributed by atoms with van der Waals surface area (Å²) in [6.45, 7) is 7.20. The Balaban J connectivity index is 1.38. The van der Waals surface area contributed by atoms with E-state index in [0.29, 0.717) is 31.7 Å². The monoisotopic (exact) mass is 451 g/mol. The topological polar surface area (TPSA) is 65.8 Å². The van der Waals surface area contributed by atoms with E-state index in [1.165, 1.54) is 5.56 Å². The molecule has 1 unspecified atom stereocenters. The zero-order valence-corrected chi connectivity index (χ0v) is 20.0. The summed E-state index contributed by atoms with van der Waals surface area (Å²) in [4.78, 5) is 31.2. The van der Waals surface area contributed by atoms with E-state index in [1.54, 1.807) is 6.26 Å². The highest BCUT2D eigenvalue weighted by atomic mass is 16.3. The molecule has 33 heavy (non-hydrogen) atoms. The third-order valence-corrected chi connectivity index (χ3v) is 7.13. The van der Waals surface area contributed by atoms with E-state index in [0.717, 1.165) is 44.7 Å². The van der Waals surface area contributed by atoms with E-state index in [2.05, 4.69) is 54.4 Å². The van der Waals surface area contributed by atoms with Gasteiger partial charge in [0.05, 0.1) is 12.8 Å². The first-order valence-corrected chi connectivity index (χ1v) is 12.4. The number of amides is 2. The van der Waals surface area contributed by atoms with Crippen molar-refractivity contribution in [2.24, 2.45) is 5.92 Å². The third kappa shape index (κ3) is 5.49. The Morgan fingerprint density at radius 2 is 1.82 bits per heavy atom. The van der Waals surface area contributed by atoms with Gasteiger partial charge in [-0.15, -0.1) is 0 Å². The zero-order chi connectivity index (χ0) is 23.3. The fourth-order valence-corrected chi connectivity index (χ4v) is 5.25. The molecule has 0 radical (unpaired) electrons. The second-order valence-electron chi connectivity index (χ2n) is 9.98. The van der Waals surface area contributed by atoms with Crippen molar-refractivity contribution in [2.45, 2.75) is 70.5 Å². The van der Waals surface area contributed by atoms with Crippen molar-refractivity contribution in [3.8, 4) is 0 Å². The summed E-state index contributed by atoms with van der Waals surface area (Å²) in [6.07, 6.45) is 7.01. The SMILES string of the molecule is CC(C)CC1NC(=O)C2(CCN(CCCCc3ccccc3)CC2)N(Cc2ccco2)C1=O. The number of unbranched alkanes of at least 4 members (excludes halogenated alkanes) is 1. The van der Waals surface area contributed by atoms with E-state index < -0.39 is 11.6 Å². The number of piperidine rings is 1. The highest BCUT2D eigenvalue weighted by Crippen LogP contribution is 2.35. The van der Waals surface area contributed by atoms with Crippen molar-refractivity contribution in [3.05, 3.63) is 60.1 Å². The number of aryl methyl sites for hydroxylation is 1. The van der Waals surface area contributed by atoms with Crippen LogP contribution in [0.2, 0.25) is 0 Å². The zero-order valence-electron chi connectivity index (χ0n) is 20.0. The maximum absolute atomic E-state index is 13.5. The van der Waals surface area contributed by atoms with Gasteiger partial charge in [-0.3, -0.25) is 9.59 Å². The number of rotatable bonds is 9. The number of furan rings is 1. The van der Waals surface area contributed by atoms with E-state index in [1.807, 2.05) is 17.0 Å². The lowest BCUT2D eigenvalue weighted by molar-refractivity contribution is -0.163. The molecule has 2 aromatic rings. The average Bonchev–Trinajstić information content (AvgIpc) is 3.33. The molecule has 2 amide bonds. The number of carbonyl (C=O) groups is 2. The van der Waals surface area contributed by atoms with Crippen molar-refractivity contribution in [3.63, 3.8) is 0 Å². The maximum atomic E-state index is 13.5. The highest BCUT2D eigenvalue weighted by Gasteiger charge is 2.53. The minimum atomic E-state index is -0.780. The molecular formula is C27H37N3O3. The van der Waals surface area contributed by atoms with E-state index in [-0.39, 0.29) is 11.8 Å². The summed E-state index contributed by atoms with van der Waals surface area (Å²) in [5.41, 5.74) is 0.606. The predicted molar refractivity (Wildman–Crippen MR) is 128 cm³/mol. The number of piperazine rings is 1. The summed E-state index contributed by atoms with van der Waals surface area (Å²) in [6, 6.07) is 13.9. The molecule has 2 aliphatic heterocycles. The van der Waals surface area contributed by atoms with E-state index >= 15 is 0 Å². The molecule has 1 spiro atoms. The minimum absolute atomic E-state index is 0.00281. The van der Waals surface area contributed by atoms with Crippen LogP contribution in [0, 0.1) is 5.92 Å². The molecular weight excluding hydrogens is 414 g/mol. The van der Waals surface area contributed by atoms with Crippen molar-refractivity contribution in [2.75, 3.05) is 19.6 Å². The molecule has 6 nitrogen and oxygen atoms in total. The molecule has 2 aliphatic rings. The number of hydrogen-bond acceptors (Lipinski definition) is 4. The van der Waals surface area contributed by atoms with Crippen LogP contribution in [0.1, 0.15) is 57.3 Å². The van der Waals surface area contributed by atoms with Crippen molar-refractivity contribution >= 4 is 11.8 Å². The molecule has 1 N–H and O–H groups in total. The molecule has 0 bridgehead atoms. The fourth-order valence-electron chi connectivity index (χ4n) is 5.25. The van der Waals surface area contributed by atoms with Crippen molar-refractivity contribution in [1.29, 1.82) is 0 Å². The Morgan fingerprint density at radius 1 is 1.06 bits per heavy atom. The van der Waals surface area contributed by atoms with Gasteiger partial charge in [0.15, 0.2) is 0 Å². The smallest absolute Gasteiger partial charge is 0.246 e. The number of nitrogens with zero attached hydrogens (tertiary/aromatic N) is 2. The molecule has 6 heteroatoms. The van der Waals surface area contributed by atoms with E-state index in [4.69, 9.17) is 4.42 Å². The standard InChI is InChI=1S/C27H37N3O3/c1-21(2)19-24-25(31)30(20-23-12-8-18-33-23)27(26(32)28-24)13-16-29(17-14-27)15-7-6-11-22-9-4-3-5-10-22/h3-5,8-10,12,18,21,24H,6-7,11,13-17,19-20H2,1-2H3,(H,28,32). The Labute approximate surface area is 197 Å². The van der Waals surface area contributed by atoms with Crippen LogP contribution in [0.4, 0.5) is 0 Å². The van der Waals surface area contributed by atoms with Crippen LogP contribution in [0.3, 0.4) is 0 Å². The first-order valence-electron chi connectivity index (χ1n) is 12.4. The van der Waals surface area contributed by atoms with Crippen LogP contribution in [-0.4, -0.2) is 52.8 Å². The van der Waals surface area contributed by atoms with Gasteiger partial charge in [-0.05, 0) is 68.7 Å². The first kappa shape index (κ1) is 23.6. The first-order chi connectivity index (χ1) is 16.0. The number of carbonyl (C=O) groups excluding carboxylic acids is 2. The molecule has 2 fully saturated rings. The molecule has 1 aromatic carbocycles. The van der Waals surface area contributed by atoms with Crippen molar-refractivity contribution in [1.82, 2.24) is 15.1 Å². The molecule has 178 valence electrons. The van der Waals surface area contributed by atoms with Gasteiger partial charge in [0.2, 0.25) is 11.8 Å². The largest absolute Gasteiger partial charge is 0.467 e. The van der Waals surface area contributed by atoms with Crippen LogP contribution in [0.25, 0.3) is 0 Å². The van der Waals surface area contributed by atoms with Gasteiger partial charge in [0.1, 0.15) is 17.3 Å². The van der Waals surface area contributed by atoms with Crippen LogP contribution >= 0.6 is 0 Å². The molecule has 0 saturated carbocycles. The normalized spacial score (nSPS) is 21.1. The average molecular weight is 452 g/mol. The Kier molecular flexibility index (Phi) is 7.53. The second-order valence-corrected chi connectivity index (χ2v) is 9.98. The highest BCUT2D eigenvalue weighted by molar-refractivity contribution is 6.00. The number of likely N-dealkylation sites (tertiary alicyclic amines) is 1. The van der Waals surface area contributed by atoms with Gasteiger partial charge in [-0.2, -0.15) is 0 Å². The van der Waals surface area contributed by atoms with Crippen LogP contribution in [0.5, 0.6) is 0 Å². The molecule has 2 saturated heterocycles. The second kappa shape index (κ2) is 10.6. The molecule has 1 aromatic heterocycles. The van der Waals surface area contributed by atoms with Crippen molar-refractivity contribution < 1.29 is 14.0 Å². The fraction of sp³-hybridized carbons (Fsp3) is 0.556. The Bertz CT molecular complexity index is 902. The molecule has 3 heterocycles. The lowest BCUT2D eigenvalue weighted by Gasteiger charge is -2.51. The quantitative estimate of drug-likeness (QED) is 0.585. The van der Waals surface area contributed by atoms with Gasteiger partial charge in [0, 0.05) is 13.1 Å². The van der Waals surface area contributed by atoms with Gasteiger partial charge in [0.25, 0.3) is 0 Å². The summed E-state index contributed by atoms with van der Waals surface area (Å²) >= 11 is 0. The summed E-state index contributed by atoms with van der Waals surface area (Å²) in [7, 11) is 0. The summed E-state index contributed by atoms with van der Waals surface area (Å²) < 4.78 is 5.56. The number of benzene rings is 1. The summed E-state index contributed by atoms with van der Waals surface area (Å²) in [5, 5.41) is 3.07. The van der Waals surface area contributed by atoms with Gasteiger partial charge < -0.3 is 19.5 Å². The lowest BCUT2D eigenvalue weighted by Crippen LogP contribution is -2.72. The molecule has 4 rings (SSSR count). The van der Waals surface area contributed by atoms with Crippen LogP contribution in [0.15, 0.2) is 53.1 Å². The molecule has 0 aliphatic carbocycles. The third-order valence-electron chi connectivity index (χ3n) is 7.13. The Hall–Kier alpha value is -2.60. The predicted octanol–water partition coefficient (Wildman–Crippen LogP) is 4.01. The molecule has 1 atom stereocenters. The number of hydrogen-bond donors (Lipinski definition) is 1. The summed E-state index contributed by atoms with van der Waals surface area (Å²) in [5.74, 6) is 1.08. The van der Waals surface area contributed by atoms with Gasteiger partial charge in [-0.25, -0.2) is 0 Å². The minimum Gasteiger partial charge on any atom is -0.467 e. The van der Waals surface area contributed by atoms with Crippen LogP contribution < -0.4 is 5.32 Å². The van der Waals surface area contributed by atoms with Gasteiger partial charge >= 0.3 is 0 Å². The maximum Gasteiger partial charge on any atom is 0.246 e. The lowest BCUT2D eigenvalue weighted by atomic mass is 9.80. The van der Waals surface area contributed by atoms with Gasteiger partial charge in [-0.1, -0.05) is 44.2 Å².